The third-order valence-corrected chi connectivity index (χ3v) is 2.71. The molecule has 1 aromatic rings. The lowest BCUT2D eigenvalue weighted by Crippen LogP contribution is -2.28. The Hall–Kier alpha value is -1.00. The molecule has 1 atom stereocenters. The van der Waals surface area contributed by atoms with Gasteiger partial charge < -0.3 is 5.11 Å². The van der Waals surface area contributed by atoms with Crippen molar-refractivity contribution in [1.82, 2.24) is 4.72 Å². The van der Waals surface area contributed by atoms with Gasteiger partial charge in [-0.1, -0.05) is 42.3 Å². The number of hydrogen-bond acceptors (Lipinski definition) is 3. The first kappa shape index (κ1) is 11.1. The minimum atomic E-state index is -0.828. The summed E-state index contributed by atoms with van der Waals surface area (Å²) in [6.07, 6.45) is 0. The summed E-state index contributed by atoms with van der Waals surface area (Å²) in [6.45, 7) is 1.63. The number of rotatable bonds is 5. The van der Waals surface area contributed by atoms with E-state index < -0.39 is 12.0 Å². The maximum absolute atomic E-state index is 10.5. The van der Waals surface area contributed by atoms with Crippen molar-refractivity contribution in [2.45, 2.75) is 18.7 Å². The summed E-state index contributed by atoms with van der Waals surface area (Å²) >= 11 is 1.41. The summed E-state index contributed by atoms with van der Waals surface area (Å²) < 4.78 is 2.85. The van der Waals surface area contributed by atoms with Crippen LogP contribution >= 0.6 is 11.9 Å². The Morgan fingerprint density at radius 2 is 2.14 bits per heavy atom. The first-order valence-corrected chi connectivity index (χ1v) is 5.33. The second kappa shape index (κ2) is 5.67. The molecule has 76 valence electrons. The number of carboxylic acid groups (broad SMARTS) is 1. The van der Waals surface area contributed by atoms with E-state index in [4.69, 9.17) is 5.11 Å². The van der Waals surface area contributed by atoms with Gasteiger partial charge in [-0.15, -0.1) is 0 Å². The van der Waals surface area contributed by atoms with Crippen LogP contribution in [0.3, 0.4) is 0 Å². The fourth-order valence-electron chi connectivity index (χ4n) is 0.875. The molecule has 0 aliphatic heterocycles. The average molecular weight is 211 g/mol. The first-order valence-electron chi connectivity index (χ1n) is 4.34. The van der Waals surface area contributed by atoms with Crippen LogP contribution in [0.25, 0.3) is 0 Å². The molecule has 1 rings (SSSR count). The number of benzene rings is 1. The van der Waals surface area contributed by atoms with Gasteiger partial charge in [-0.3, -0.25) is 4.79 Å². The lowest BCUT2D eigenvalue weighted by Gasteiger charge is -2.07. The molecule has 0 spiro atoms. The maximum Gasteiger partial charge on any atom is 0.321 e. The van der Waals surface area contributed by atoms with Gasteiger partial charge in [-0.2, -0.15) is 0 Å². The Morgan fingerprint density at radius 1 is 1.50 bits per heavy atom. The Kier molecular flexibility index (Phi) is 4.49. The van der Waals surface area contributed by atoms with E-state index in [2.05, 4.69) is 4.72 Å². The highest BCUT2D eigenvalue weighted by molar-refractivity contribution is 7.96. The van der Waals surface area contributed by atoms with Crippen molar-refractivity contribution >= 4 is 17.9 Å². The Bertz CT molecular complexity index is 289. The van der Waals surface area contributed by atoms with E-state index >= 15 is 0 Å². The van der Waals surface area contributed by atoms with E-state index in [0.29, 0.717) is 0 Å². The SMILES string of the molecule is C[C@H](NSCc1ccccc1)C(=O)O. The molecule has 3 nitrogen and oxygen atoms in total. The molecule has 0 radical (unpaired) electrons. The predicted molar refractivity (Wildman–Crippen MR) is 58.0 cm³/mol. The normalized spacial score (nSPS) is 12.4. The van der Waals surface area contributed by atoms with Gasteiger partial charge in [-0.25, -0.2) is 4.72 Å². The zero-order valence-corrected chi connectivity index (χ0v) is 8.75. The molecule has 4 heteroatoms. The molecule has 0 bridgehead atoms. The quantitative estimate of drug-likeness (QED) is 0.730. The van der Waals surface area contributed by atoms with Gasteiger partial charge in [-0.05, 0) is 12.5 Å². The summed E-state index contributed by atoms with van der Waals surface area (Å²) in [5, 5.41) is 8.60. The van der Waals surface area contributed by atoms with Gasteiger partial charge in [0, 0.05) is 5.75 Å². The average Bonchev–Trinajstić information content (AvgIpc) is 2.19. The van der Waals surface area contributed by atoms with Crippen LogP contribution in [-0.4, -0.2) is 17.1 Å². The number of carbonyl (C=O) groups is 1. The highest BCUT2D eigenvalue weighted by Gasteiger charge is 2.08. The van der Waals surface area contributed by atoms with Gasteiger partial charge in [0.05, 0.1) is 0 Å². The van der Waals surface area contributed by atoms with E-state index in [9.17, 15) is 4.79 Å². The zero-order valence-electron chi connectivity index (χ0n) is 7.93. The first-order chi connectivity index (χ1) is 6.70. The van der Waals surface area contributed by atoms with E-state index in [1.165, 1.54) is 17.5 Å². The second-order valence-corrected chi connectivity index (χ2v) is 3.77. The lowest BCUT2D eigenvalue weighted by molar-refractivity contribution is -0.138. The van der Waals surface area contributed by atoms with Crippen molar-refractivity contribution in [1.29, 1.82) is 0 Å². The molecular formula is C10H13NO2S. The van der Waals surface area contributed by atoms with Gasteiger partial charge in [0.1, 0.15) is 6.04 Å². The second-order valence-electron chi connectivity index (χ2n) is 2.95. The summed E-state index contributed by atoms with van der Waals surface area (Å²) in [5.41, 5.74) is 1.18. The summed E-state index contributed by atoms with van der Waals surface area (Å²) in [7, 11) is 0. The minimum Gasteiger partial charge on any atom is -0.480 e. The third kappa shape index (κ3) is 3.81. The number of carboxylic acids is 1. The molecule has 0 saturated carbocycles. The van der Waals surface area contributed by atoms with Crippen molar-refractivity contribution in [2.75, 3.05) is 0 Å². The fraction of sp³-hybridized carbons (Fsp3) is 0.300. The van der Waals surface area contributed by atoms with Crippen LogP contribution in [0.5, 0.6) is 0 Å². The van der Waals surface area contributed by atoms with Crippen LogP contribution in [0.2, 0.25) is 0 Å². The highest BCUT2D eigenvalue weighted by atomic mass is 32.2. The van der Waals surface area contributed by atoms with Gasteiger partial charge in [0.25, 0.3) is 0 Å². The zero-order chi connectivity index (χ0) is 10.4. The van der Waals surface area contributed by atoms with Gasteiger partial charge in [0.2, 0.25) is 0 Å². The van der Waals surface area contributed by atoms with Crippen LogP contribution in [0.15, 0.2) is 30.3 Å². The monoisotopic (exact) mass is 211 g/mol. The lowest BCUT2D eigenvalue weighted by atomic mass is 10.2. The third-order valence-electron chi connectivity index (χ3n) is 1.71. The molecule has 2 N–H and O–H groups in total. The van der Waals surface area contributed by atoms with Gasteiger partial charge >= 0.3 is 5.97 Å². The van der Waals surface area contributed by atoms with Crippen LogP contribution in [0.1, 0.15) is 12.5 Å². The smallest absolute Gasteiger partial charge is 0.321 e. The standard InChI is InChI=1S/C10H13NO2S/c1-8(10(12)13)11-14-7-9-5-3-2-4-6-9/h2-6,8,11H,7H2,1H3,(H,12,13)/t8-/m0/s1. The van der Waals surface area contributed by atoms with Gasteiger partial charge in [0.15, 0.2) is 0 Å². The predicted octanol–water partition coefficient (Wildman–Crippen LogP) is 1.90. The molecule has 0 amide bonds. The van der Waals surface area contributed by atoms with Crippen molar-refractivity contribution in [3.05, 3.63) is 35.9 Å². The molecule has 0 aliphatic carbocycles. The number of nitrogens with one attached hydrogen (secondary N) is 1. The maximum atomic E-state index is 10.5. The summed E-state index contributed by atoms with van der Waals surface area (Å²) in [6, 6.07) is 9.41. The van der Waals surface area contributed by atoms with Crippen LogP contribution in [0, 0.1) is 0 Å². The summed E-state index contributed by atoms with van der Waals surface area (Å²) in [5.74, 6) is -0.0519. The van der Waals surface area contributed by atoms with Crippen molar-refractivity contribution in [2.24, 2.45) is 0 Å². The number of aliphatic carboxylic acids is 1. The van der Waals surface area contributed by atoms with E-state index in [1.807, 2.05) is 30.3 Å². The largest absolute Gasteiger partial charge is 0.480 e. The minimum absolute atomic E-state index is 0.510. The molecular weight excluding hydrogens is 198 g/mol. The van der Waals surface area contributed by atoms with E-state index in [-0.39, 0.29) is 0 Å². The molecule has 1 aromatic carbocycles. The Morgan fingerprint density at radius 3 is 2.71 bits per heavy atom. The summed E-state index contributed by atoms with van der Waals surface area (Å²) in [4.78, 5) is 10.5. The molecule has 0 saturated heterocycles. The highest BCUT2D eigenvalue weighted by Crippen LogP contribution is 2.08. The van der Waals surface area contributed by atoms with Crippen molar-refractivity contribution in [3.8, 4) is 0 Å². The van der Waals surface area contributed by atoms with E-state index in [1.54, 1.807) is 6.92 Å². The molecule has 14 heavy (non-hydrogen) atoms. The molecule has 0 heterocycles. The molecule has 0 unspecified atom stereocenters. The van der Waals surface area contributed by atoms with Crippen molar-refractivity contribution in [3.63, 3.8) is 0 Å². The van der Waals surface area contributed by atoms with Crippen molar-refractivity contribution < 1.29 is 9.90 Å². The Balaban J connectivity index is 2.26. The van der Waals surface area contributed by atoms with Crippen LogP contribution < -0.4 is 4.72 Å². The number of hydrogen-bond donors (Lipinski definition) is 2. The molecule has 0 aliphatic rings. The molecule has 0 aromatic heterocycles. The fourth-order valence-corrected chi connectivity index (χ4v) is 1.67. The Labute approximate surface area is 87.7 Å². The van der Waals surface area contributed by atoms with Crippen LogP contribution in [0.4, 0.5) is 0 Å². The van der Waals surface area contributed by atoms with E-state index in [0.717, 1.165) is 5.75 Å². The molecule has 0 fully saturated rings. The van der Waals surface area contributed by atoms with Crippen LogP contribution in [-0.2, 0) is 10.5 Å². The topological polar surface area (TPSA) is 49.3 Å².